The average molecular weight is 427 g/mol. The molecule has 0 bridgehead atoms. The van der Waals surface area contributed by atoms with Crippen molar-refractivity contribution in [2.75, 3.05) is 16.6 Å². The average Bonchev–Trinajstić information content (AvgIpc) is 3.12. The van der Waals surface area contributed by atoms with Gasteiger partial charge < -0.3 is 14.6 Å². The third-order valence-electron chi connectivity index (χ3n) is 4.01. The molecule has 0 saturated carbocycles. The molecular weight excluding hydrogens is 406 g/mol. The lowest BCUT2D eigenvalue weighted by Crippen LogP contribution is -2.20. The maximum absolute atomic E-state index is 12.4. The summed E-state index contributed by atoms with van der Waals surface area (Å²) in [5.74, 6) is 0.831. The molecule has 30 heavy (non-hydrogen) atoms. The second-order valence-electron chi connectivity index (χ2n) is 6.39. The van der Waals surface area contributed by atoms with Crippen LogP contribution in [0.5, 0.6) is 5.75 Å². The first kappa shape index (κ1) is 21.1. The van der Waals surface area contributed by atoms with Crippen molar-refractivity contribution >= 4 is 27.4 Å². The van der Waals surface area contributed by atoms with Crippen molar-refractivity contribution in [1.82, 2.24) is 5.16 Å². The first-order chi connectivity index (χ1) is 14.4. The zero-order valence-corrected chi connectivity index (χ0v) is 17.1. The number of nitrogens with one attached hydrogen (secondary N) is 2. The minimum atomic E-state index is -3.82. The molecule has 3 aromatic rings. The lowest BCUT2D eigenvalue weighted by Gasteiger charge is -2.11. The van der Waals surface area contributed by atoms with E-state index in [1.54, 1.807) is 19.1 Å². The van der Waals surface area contributed by atoms with E-state index in [-0.39, 0.29) is 23.2 Å². The Balaban J connectivity index is 1.58. The highest BCUT2D eigenvalue weighted by Crippen LogP contribution is 2.20. The third kappa shape index (κ3) is 5.48. The Hall–Kier alpha value is -3.59. The fourth-order valence-corrected chi connectivity index (χ4v) is 3.62. The third-order valence-corrected chi connectivity index (χ3v) is 5.38. The van der Waals surface area contributed by atoms with Crippen LogP contribution in [0.25, 0.3) is 0 Å². The zero-order valence-electron chi connectivity index (χ0n) is 16.3. The van der Waals surface area contributed by atoms with E-state index < -0.39 is 10.0 Å². The molecule has 9 heteroatoms. The predicted octanol–water partition coefficient (Wildman–Crippen LogP) is 3.53. The van der Waals surface area contributed by atoms with Crippen LogP contribution >= 0.6 is 0 Å². The Morgan fingerprint density at radius 1 is 1.20 bits per heavy atom. The topological polar surface area (TPSA) is 111 Å². The number of carbonyl (C=O) groups is 1. The summed E-state index contributed by atoms with van der Waals surface area (Å²) in [6.07, 6.45) is 2.40. The van der Waals surface area contributed by atoms with Crippen LogP contribution in [0.15, 0.2) is 76.7 Å². The van der Waals surface area contributed by atoms with Gasteiger partial charge in [-0.25, -0.2) is 8.42 Å². The largest absolute Gasteiger partial charge is 0.483 e. The number of hydrogen-bond acceptors (Lipinski definition) is 6. The number of carbonyl (C=O) groups excluding carboxylic acids is 1. The van der Waals surface area contributed by atoms with Crippen LogP contribution in [-0.2, 0) is 21.2 Å². The van der Waals surface area contributed by atoms with E-state index in [9.17, 15) is 13.2 Å². The van der Waals surface area contributed by atoms with Crippen LogP contribution in [0, 0.1) is 6.92 Å². The van der Waals surface area contributed by atoms with Crippen LogP contribution < -0.4 is 14.8 Å². The molecule has 3 rings (SSSR count). The summed E-state index contributed by atoms with van der Waals surface area (Å²) in [7, 11) is -3.82. The van der Waals surface area contributed by atoms with Crippen molar-refractivity contribution in [3.63, 3.8) is 0 Å². The van der Waals surface area contributed by atoms with Gasteiger partial charge in [0.25, 0.3) is 15.9 Å². The molecule has 0 atom stereocenters. The Morgan fingerprint density at radius 3 is 2.60 bits per heavy atom. The number of benzene rings is 2. The predicted molar refractivity (Wildman–Crippen MR) is 113 cm³/mol. The van der Waals surface area contributed by atoms with Crippen LogP contribution in [0.4, 0.5) is 11.5 Å². The summed E-state index contributed by atoms with van der Waals surface area (Å²) in [5.41, 5.74) is 1.38. The number of amides is 1. The van der Waals surface area contributed by atoms with E-state index >= 15 is 0 Å². The maximum Gasteiger partial charge on any atom is 0.263 e. The van der Waals surface area contributed by atoms with E-state index in [4.69, 9.17) is 9.26 Å². The number of allylic oxidation sites excluding steroid dienone is 1. The Morgan fingerprint density at radius 2 is 1.93 bits per heavy atom. The first-order valence-electron chi connectivity index (χ1n) is 9.05. The lowest BCUT2D eigenvalue weighted by atomic mass is 10.1. The summed E-state index contributed by atoms with van der Waals surface area (Å²) < 4.78 is 37.5. The monoisotopic (exact) mass is 427 g/mol. The summed E-state index contributed by atoms with van der Waals surface area (Å²) in [5, 5.41) is 6.27. The summed E-state index contributed by atoms with van der Waals surface area (Å²) in [4.78, 5) is 12.2. The van der Waals surface area contributed by atoms with Gasteiger partial charge in [-0.3, -0.25) is 9.52 Å². The van der Waals surface area contributed by atoms with Crippen molar-refractivity contribution < 1.29 is 22.5 Å². The SMILES string of the molecule is C=CCc1ccccc1OCC(=O)Nc1ccc(S(=O)(=O)Nc2cc(C)on2)cc1. The van der Waals surface area contributed by atoms with Gasteiger partial charge in [-0.2, -0.15) is 0 Å². The number of aromatic nitrogens is 1. The number of nitrogens with zero attached hydrogens (tertiary/aromatic N) is 1. The highest BCUT2D eigenvalue weighted by atomic mass is 32.2. The highest BCUT2D eigenvalue weighted by molar-refractivity contribution is 7.92. The second kappa shape index (κ2) is 9.27. The molecule has 0 aliphatic carbocycles. The molecule has 0 unspecified atom stereocenters. The van der Waals surface area contributed by atoms with Crippen LogP contribution in [0.2, 0.25) is 0 Å². The number of para-hydroxylation sites is 1. The number of rotatable bonds is 9. The zero-order chi connectivity index (χ0) is 21.6. The number of anilines is 2. The van der Waals surface area contributed by atoms with Gasteiger partial charge in [0.15, 0.2) is 12.4 Å². The van der Waals surface area contributed by atoms with E-state index in [1.807, 2.05) is 18.2 Å². The van der Waals surface area contributed by atoms with Crippen molar-refractivity contribution in [2.24, 2.45) is 0 Å². The maximum atomic E-state index is 12.4. The van der Waals surface area contributed by atoms with Crippen LogP contribution in [-0.4, -0.2) is 26.1 Å². The molecule has 0 fully saturated rings. The molecule has 1 heterocycles. The molecule has 0 spiro atoms. The Bertz CT molecular complexity index is 1140. The van der Waals surface area contributed by atoms with Gasteiger partial charge in [0.05, 0.1) is 4.90 Å². The highest BCUT2D eigenvalue weighted by Gasteiger charge is 2.16. The fourth-order valence-electron chi connectivity index (χ4n) is 2.64. The number of ether oxygens (including phenoxy) is 1. The molecule has 1 aromatic heterocycles. The summed E-state index contributed by atoms with van der Waals surface area (Å²) >= 11 is 0. The van der Waals surface area contributed by atoms with E-state index in [1.165, 1.54) is 30.3 Å². The summed E-state index contributed by atoms with van der Waals surface area (Å²) in [6.45, 7) is 5.18. The summed E-state index contributed by atoms with van der Waals surface area (Å²) in [6, 6.07) is 14.6. The molecule has 0 saturated heterocycles. The van der Waals surface area contributed by atoms with E-state index in [0.29, 0.717) is 23.6 Å². The Labute approximate surface area is 174 Å². The molecule has 0 aliphatic rings. The van der Waals surface area contributed by atoms with Crippen molar-refractivity contribution in [3.8, 4) is 5.75 Å². The fraction of sp³-hybridized carbons (Fsp3) is 0.143. The van der Waals surface area contributed by atoms with Gasteiger partial charge in [-0.1, -0.05) is 29.4 Å². The quantitative estimate of drug-likeness (QED) is 0.506. The lowest BCUT2D eigenvalue weighted by molar-refractivity contribution is -0.118. The molecule has 0 radical (unpaired) electrons. The number of sulfonamides is 1. The molecule has 1 amide bonds. The number of aryl methyl sites for hydroxylation is 1. The number of hydrogen-bond donors (Lipinski definition) is 2. The van der Waals surface area contributed by atoms with Crippen LogP contribution in [0.1, 0.15) is 11.3 Å². The standard InChI is InChI=1S/C21H21N3O5S/c1-3-6-16-7-4-5-8-19(16)28-14-21(25)22-17-9-11-18(12-10-17)30(26,27)24-20-13-15(2)29-23-20/h3-5,7-13H,1,6,14H2,2H3,(H,22,25)(H,23,24). The molecular formula is C21H21N3O5S. The normalized spacial score (nSPS) is 11.0. The Kier molecular flexibility index (Phi) is 6.53. The van der Waals surface area contributed by atoms with Gasteiger partial charge in [-0.05, 0) is 49.2 Å². The van der Waals surface area contributed by atoms with Gasteiger partial charge in [-0.15, -0.1) is 6.58 Å². The smallest absolute Gasteiger partial charge is 0.263 e. The van der Waals surface area contributed by atoms with Crippen molar-refractivity contribution in [3.05, 3.63) is 78.6 Å². The molecule has 2 aromatic carbocycles. The molecule has 0 aliphatic heterocycles. The molecule has 8 nitrogen and oxygen atoms in total. The second-order valence-corrected chi connectivity index (χ2v) is 8.07. The van der Waals surface area contributed by atoms with Gasteiger partial charge in [0.1, 0.15) is 11.5 Å². The van der Waals surface area contributed by atoms with Gasteiger partial charge in [0.2, 0.25) is 0 Å². The minimum Gasteiger partial charge on any atom is -0.483 e. The van der Waals surface area contributed by atoms with E-state index in [2.05, 4.69) is 21.8 Å². The van der Waals surface area contributed by atoms with Crippen molar-refractivity contribution in [1.29, 1.82) is 0 Å². The van der Waals surface area contributed by atoms with Crippen LogP contribution in [0.3, 0.4) is 0 Å². The first-order valence-corrected chi connectivity index (χ1v) is 10.5. The molecule has 156 valence electrons. The molecule has 2 N–H and O–H groups in total. The van der Waals surface area contributed by atoms with Crippen molar-refractivity contribution in [2.45, 2.75) is 18.2 Å². The van der Waals surface area contributed by atoms with Gasteiger partial charge >= 0.3 is 0 Å². The van der Waals surface area contributed by atoms with Gasteiger partial charge in [0, 0.05) is 11.8 Å². The van der Waals surface area contributed by atoms with E-state index in [0.717, 1.165) is 5.56 Å². The minimum absolute atomic E-state index is 0.0238.